The number of rotatable bonds is 2. The van der Waals surface area contributed by atoms with Gasteiger partial charge in [-0.3, -0.25) is 4.79 Å². The van der Waals surface area contributed by atoms with Crippen molar-refractivity contribution >= 4 is 17.7 Å². The molecule has 0 aromatic heterocycles. The predicted molar refractivity (Wildman–Crippen MR) is 54.8 cm³/mol. The van der Waals surface area contributed by atoms with Crippen LogP contribution in [0.3, 0.4) is 0 Å². The zero-order chi connectivity index (χ0) is 10.3. The fraction of sp³-hybridized carbons (Fsp3) is 0.889. The molecule has 4 heteroatoms. The summed E-state index contributed by atoms with van der Waals surface area (Å²) in [5, 5.41) is 12.2. The summed E-state index contributed by atoms with van der Waals surface area (Å²) < 4.78 is 0.112. The molecule has 1 amide bonds. The molecule has 0 aromatic carbocycles. The normalized spacial score (nSPS) is 26.4. The highest BCUT2D eigenvalue weighted by molar-refractivity contribution is 8.02. The van der Waals surface area contributed by atoms with E-state index in [1.54, 1.807) is 0 Å². The second-order valence-electron chi connectivity index (χ2n) is 4.50. The minimum atomic E-state index is -1.27. The molecule has 2 N–H and O–H groups in total. The highest BCUT2D eigenvalue weighted by Crippen LogP contribution is 2.39. The Kier molecular flexibility index (Phi) is 2.65. The number of carbonyl (C=O) groups is 1. The van der Waals surface area contributed by atoms with E-state index in [1.807, 2.05) is 11.8 Å². The molecular weight excluding hydrogens is 186 g/mol. The first kappa shape index (κ1) is 10.9. The average molecular weight is 203 g/mol. The summed E-state index contributed by atoms with van der Waals surface area (Å²) in [6.45, 7) is 7.19. The summed E-state index contributed by atoms with van der Waals surface area (Å²) >= 11 is 1.83. The zero-order valence-corrected chi connectivity index (χ0v) is 9.36. The predicted octanol–water partition coefficient (Wildman–Crippen LogP) is 0.767. The molecule has 1 aliphatic rings. The second kappa shape index (κ2) is 3.17. The van der Waals surface area contributed by atoms with Gasteiger partial charge in [0, 0.05) is 10.5 Å². The molecule has 76 valence electrons. The van der Waals surface area contributed by atoms with Gasteiger partial charge in [0.1, 0.15) is 5.60 Å². The highest BCUT2D eigenvalue weighted by atomic mass is 32.2. The van der Waals surface area contributed by atoms with Gasteiger partial charge in [-0.25, -0.2) is 0 Å². The summed E-state index contributed by atoms with van der Waals surface area (Å²) in [5.74, 6) is 0.653. The quantitative estimate of drug-likeness (QED) is 0.697. The van der Waals surface area contributed by atoms with E-state index in [-0.39, 0.29) is 16.7 Å². The molecule has 1 rings (SSSR count). The van der Waals surface area contributed by atoms with E-state index in [9.17, 15) is 9.90 Å². The Bertz CT molecular complexity index is 220. The maximum absolute atomic E-state index is 11.4. The minimum absolute atomic E-state index is 0.112. The van der Waals surface area contributed by atoms with E-state index in [2.05, 4.69) is 19.2 Å². The van der Waals surface area contributed by atoms with Crippen molar-refractivity contribution in [1.29, 1.82) is 0 Å². The smallest absolute Gasteiger partial charge is 0.251 e. The Labute approximate surface area is 83.3 Å². The third kappa shape index (κ3) is 2.38. The second-order valence-corrected chi connectivity index (χ2v) is 6.17. The Morgan fingerprint density at radius 2 is 2.15 bits per heavy atom. The lowest BCUT2D eigenvalue weighted by atomic mass is 10.0. The van der Waals surface area contributed by atoms with E-state index in [0.717, 1.165) is 5.75 Å². The summed E-state index contributed by atoms with van der Waals surface area (Å²) in [5.41, 5.74) is -1.27. The number of hydrogen-bond donors (Lipinski definition) is 2. The Morgan fingerprint density at radius 1 is 1.62 bits per heavy atom. The minimum Gasteiger partial charge on any atom is -0.381 e. The Hall–Kier alpha value is -0.220. The molecular formula is C9H17NO2S. The number of nitrogens with one attached hydrogen (secondary N) is 1. The highest BCUT2D eigenvalue weighted by Gasteiger charge is 2.41. The molecule has 1 atom stereocenters. The molecule has 1 heterocycles. The molecule has 0 spiro atoms. The third-order valence-corrected chi connectivity index (χ3v) is 3.85. The van der Waals surface area contributed by atoms with Crippen LogP contribution in [0.5, 0.6) is 0 Å². The van der Waals surface area contributed by atoms with E-state index in [4.69, 9.17) is 0 Å². The molecule has 0 saturated carbocycles. The summed E-state index contributed by atoms with van der Waals surface area (Å²) in [7, 11) is 0. The Morgan fingerprint density at radius 3 is 2.38 bits per heavy atom. The topological polar surface area (TPSA) is 49.3 Å². The van der Waals surface area contributed by atoms with Crippen LogP contribution in [-0.2, 0) is 4.79 Å². The van der Waals surface area contributed by atoms with Gasteiger partial charge in [0.2, 0.25) is 0 Å². The molecule has 3 nitrogen and oxygen atoms in total. The maximum Gasteiger partial charge on any atom is 0.251 e. The van der Waals surface area contributed by atoms with Crippen molar-refractivity contribution < 1.29 is 9.90 Å². The molecule has 0 bridgehead atoms. The fourth-order valence-electron chi connectivity index (χ4n) is 1.05. The first-order chi connectivity index (χ1) is 5.73. The van der Waals surface area contributed by atoms with Crippen molar-refractivity contribution in [1.82, 2.24) is 5.32 Å². The van der Waals surface area contributed by atoms with Crippen LogP contribution >= 0.6 is 11.8 Å². The van der Waals surface area contributed by atoms with Crippen molar-refractivity contribution in [3.8, 4) is 0 Å². The molecule has 1 aliphatic heterocycles. The lowest BCUT2D eigenvalue weighted by molar-refractivity contribution is -0.137. The van der Waals surface area contributed by atoms with Gasteiger partial charge in [-0.2, -0.15) is 11.8 Å². The van der Waals surface area contributed by atoms with Gasteiger partial charge in [0.15, 0.2) is 0 Å². The van der Waals surface area contributed by atoms with E-state index < -0.39 is 5.60 Å². The molecule has 1 unspecified atom stereocenters. The van der Waals surface area contributed by atoms with Crippen molar-refractivity contribution in [3.05, 3.63) is 0 Å². The molecule has 0 aromatic rings. The summed E-state index contributed by atoms with van der Waals surface area (Å²) in [4.78, 5) is 11.4. The molecule has 0 aliphatic carbocycles. The molecule has 1 fully saturated rings. The van der Waals surface area contributed by atoms with Crippen LogP contribution in [0.4, 0.5) is 0 Å². The molecule has 1 saturated heterocycles. The van der Waals surface area contributed by atoms with Gasteiger partial charge in [0.25, 0.3) is 5.91 Å². The summed E-state index contributed by atoms with van der Waals surface area (Å²) in [6, 6.07) is 0.191. The van der Waals surface area contributed by atoms with Crippen LogP contribution in [0, 0.1) is 0 Å². The summed E-state index contributed by atoms with van der Waals surface area (Å²) in [6.07, 6.45) is 0. The van der Waals surface area contributed by atoms with Gasteiger partial charge < -0.3 is 10.4 Å². The van der Waals surface area contributed by atoms with Crippen LogP contribution in [0.1, 0.15) is 27.7 Å². The van der Waals surface area contributed by atoms with E-state index in [1.165, 1.54) is 13.8 Å². The van der Waals surface area contributed by atoms with Crippen LogP contribution < -0.4 is 5.32 Å². The number of aliphatic hydroxyl groups is 1. The maximum atomic E-state index is 11.4. The number of carbonyl (C=O) groups excluding carboxylic acids is 1. The number of hydrogen-bond acceptors (Lipinski definition) is 3. The van der Waals surface area contributed by atoms with Crippen molar-refractivity contribution in [2.45, 2.75) is 44.1 Å². The van der Waals surface area contributed by atoms with Crippen LogP contribution in [0.25, 0.3) is 0 Å². The first-order valence-electron chi connectivity index (χ1n) is 4.41. The van der Waals surface area contributed by atoms with Crippen molar-refractivity contribution in [3.63, 3.8) is 0 Å². The monoisotopic (exact) mass is 203 g/mol. The average Bonchev–Trinajstić information content (AvgIpc) is 1.96. The van der Waals surface area contributed by atoms with Gasteiger partial charge in [-0.05, 0) is 27.7 Å². The van der Waals surface area contributed by atoms with Crippen molar-refractivity contribution in [2.75, 3.05) is 5.75 Å². The van der Waals surface area contributed by atoms with Gasteiger partial charge in [-0.1, -0.05) is 0 Å². The van der Waals surface area contributed by atoms with Crippen LogP contribution in [0.2, 0.25) is 0 Å². The van der Waals surface area contributed by atoms with Gasteiger partial charge >= 0.3 is 0 Å². The lowest BCUT2D eigenvalue weighted by Crippen LogP contribution is -2.59. The number of amides is 1. The first-order valence-corrected chi connectivity index (χ1v) is 5.39. The molecule has 13 heavy (non-hydrogen) atoms. The zero-order valence-electron chi connectivity index (χ0n) is 8.55. The van der Waals surface area contributed by atoms with E-state index >= 15 is 0 Å². The third-order valence-electron chi connectivity index (χ3n) is 2.32. The number of thioether (sulfide) groups is 1. The molecule has 0 radical (unpaired) electrons. The standard InChI is InChI=1S/C9H17NO2S/c1-8(2,12)7(11)10-6-5-13-9(6,3)4/h6,12H,5H2,1-4H3,(H,10,11). The van der Waals surface area contributed by atoms with Gasteiger partial charge in [0.05, 0.1) is 6.04 Å². The largest absolute Gasteiger partial charge is 0.381 e. The van der Waals surface area contributed by atoms with Crippen LogP contribution in [-0.4, -0.2) is 33.2 Å². The van der Waals surface area contributed by atoms with E-state index in [0.29, 0.717) is 0 Å². The lowest BCUT2D eigenvalue weighted by Gasteiger charge is -2.44. The van der Waals surface area contributed by atoms with Crippen molar-refractivity contribution in [2.24, 2.45) is 0 Å². The van der Waals surface area contributed by atoms with Crippen LogP contribution in [0.15, 0.2) is 0 Å². The Balaban J connectivity index is 2.47. The van der Waals surface area contributed by atoms with Gasteiger partial charge in [-0.15, -0.1) is 0 Å². The SMILES string of the molecule is CC(C)(O)C(=O)NC1CSC1(C)C. The fourth-order valence-corrected chi connectivity index (χ4v) is 2.19.